The Morgan fingerprint density at radius 1 is 1.30 bits per heavy atom. The maximum absolute atomic E-state index is 11.3. The number of nitro benzene ring substituents is 1. The minimum absolute atomic E-state index is 0.0307. The van der Waals surface area contributed by atoms with Crippen LogP contribution in [0.2, 0.25) is 0 Å². The first-order valence-electron chi connectivity index (χ1n) is 5.48. The second kappa shape index (κ2) is 4.96. The van der Waals surface area contributed by atoms with Crippen LogP contribution in [0.3, 0.4) is 0 Å². The first-order chi connectivity index (χ1) is 9.38. The molecular formula is C11H9N3O6. The van der Waals surface area contributed by atoms with Crippen LogP contribution in [0.1, 0.15) is 10.4 Å². The normalized spacial score (nSPS) is 14.9. The highest BCUT2D eigenvalue weighted by molar-refractivity contribution is 6.03. The first-order valence-corrected chi connectivity index (χ1v) is 5.48. The molecule has 1 heterocycles. The third-order valence-corrected chi connectivity index (χ3v) is 2.71. The molecule has 0 unspecified atom stereocenters. The lowest BCUT2D eigenvalue weighted by molar-refractivity contribution is -0.384. The summed E-state index contributed by atoms with van der Waals surface area (Å²) < 4.78 is 0. The molecule has 1 aromatic carbocycles. The van der Waals surface area contributed by atoms with Gasteiger partial charge >= 0.3 is 5.97 Å². The maximum atomic E-state index is 11.3. The average Bonchev–Trinajstić information content (AvgIpc) is 2.36. The van der Waals surface area contributed by atoms with Crippen molar-refractivity contribution in [3.05, 3.63) is 33.9 Å². The number of nitro groups is 1. The number of benzene rings is 1. The highest BCUT2D eigenvalue weighted by Gasteiger charge is 2.28. The number of aromatic carboxylic acids is 1. The molecule has 2 amide bonds. The number of anilines is 1. The van der Waals surface area contributed by atoms with Crippen LogP contribution in [0, 0.1) is 10.1 Å². The van der Waals surface area contributed by atoms with Gasteiger partial charge in [-0.15, -0.1) is 0 Å². The van der Waals surface area contributed by atoms with Gasteiger partial charge in [0.05, 0.1) is 23.6 Å². The second-order valence-corrected chi connectivity index (χ2v) is 4.09. The molecule has 0 saturated carbocycles. The summed E-state index contributed by atoms with van der Waals surface area (Å²) >= 11 is 0. The van der Waals surface area contributed by atoms with Gasteiger partial charge in [0, 0.05) is 6.07 Å². The lowest BCUT2D eigenvalue weighted by Crippen LogP contribution is -2.51. The van der Waals surface area contributed by atoms with Gasteiger partial charge in [0.25, 0.3) is 5.69 Å². The fourth-order valence-corrected chi connectivity index (χ4v) is 1.88. The standard InChI is InChI=1S/C11H9N3O6/c15-9-4-13(5-10(16)12-9)7-2-1-6(11(17)18)3-8(7)14(19)20/h1-3H,4-5H2,(H,17,18)(H,12,15,16). The third-order valence-electron chi connectivity index (χ3n) is 2.71. The molecule has 0 aliphatic carbocycles. The van der Waals surface area contributed by atoms with E-state index in [-0.39, 0.29) is 24.3 Å². The third kappa shape index (κ3) is 2.55. The van der Waals surface area contributed by atoms with E-state index in [1.165, 1.54) is 17.0 Å². The minimum Gasteiger partial charge on any atom is -0.478 e. The van der Waals surface area contributed by atoms with Crippen molar-refractivity contribution >= 4 is 29.2 Å². The Kier molecular flexibility index (Phi) is 3.34. The number of imide groups is 1. The smallest absolute Gasteiger partial charge is 0.335 e. The van der Waals surface area contributed by atoms with E-state index in [9.17, 15) is 24.5 Å². The van der Waals surface area contributed by atoms with Crippen molar-refractivity contribution in [2.75, 3.05) is 18.0 Å². The molecule has 1 aromatic rings. The number of carbonyl (C=O) groups is 3. The Hall–Kier alpha value is -2.97. The van der Waals surface area contributed by atoms with Gasteiger partial charge in [0.15, 0.2) is 0 Å². The van der Waals surface area contributed by atoms with Crippen molar-refractivity contribution in [2.24, 2.45) is 0 Å². The molecule has 104 valence electrons. The van der Waals surface area contributed by atoms with E-state index in [1.807, 2.05) is 0 Å². The lowest BCUT2D eigenvalue weighted by Gasteiger charge is -2.27. The number of amides is 2. The van der Waals surface area contributed by atoms with E-state index >= 15 is 0 Å². The number of carboxylic acid groups (broad SMARTS) is 1. The average molecular weight is 279 g/mol. The monoisotopic (exact) mass is 279 g/mol. The van der Waals surface area contributed by atoms with Crippen LogP contribution in [-0.2, 0) is 9.59 Å². The van der Waals surface area contributed by atoms with Gasteiger partial charge in [-0.25, -0.2) is 4.79 Å². The fourth-order valence-electron chi connectivity index (χ4n) is 1.88. The molecule has 0 bridgehead atoms. The molecular weight excluding hydrogens is 270 g/mol. The zero-order valence-electron chi connectivity index (χ0n) is 10.0. The molecule has 2 N–H and O–H groups in total. The van der Waals surface area contributed by atoms with Crippen LogP contribution in [0.15, 0.2) is 18.2 Å². The first kappa shape index (κ1) is 13.5. The Labute approximate surface area is 111 Å². The van der Waals surface area contributed by atoms with Gasteiger partial charge < -0.3 is 10.0 Å². The van der Waals surface area contributed by atoms with E-state index in [2.05, 4.69) is 5.32 Å². The summed E-state index contributed by atoms with van der Waals surface area (Å²) in [5.41, 5.74) is -0.677. The second-order valence-electron chi connectivity index (χ2n) is 4.09. The van der Waals surface area contributed by atoms with Gasteiger partial charge in [0.1, 0.15) is 5.69 Å². The van der Waals surface area contributed by atoms with Crippen molar-refractivity contribution in [1.82, 2.24) is 5.32 Å². The molecule has 1 aliphatic rings. The number of hydrogen-bond donors (Lipinski definition) is 2. The van der Waals surface area contributed by atoms with Crippen LogP contribution >= 0.6 is 0 Å². The van der Waals surface area contributed by atoms with E-state index in [0.29, 0.717) is 0 Å². The maximum Gasteiger partial charge on any atom is 0.335 e. The van der Waals surface area contributed by atoms with Crippen LogP contribution < -0.4 is 10.2 Å². The molecule has 1 saturated heterocycles. The quantitative estimate of drug-likeness (QED) is 0.443. The zero-order chi connectivity index (χ0) is 14.9. The minimum atomic E-state index is -1.30. The van der Waals surface area contributed by atoms with Crippen LogP contribution in [0.25, 0.3) is 0 Å². The Bertz CT molecular complexity index is 611. The Balaban J connectivity index is 2.45. The van der Waals surface area contributed by atoms with Crippen LogP contribution in [0.4, 0.5) is 11.4 Å². The van der Waals surface area contributed by atoms with Gasteiger partial charge in [-0.05, 0) is 12.1 Å². The summed E-state index contributed by atoms with van der Waals surface area (Å²) in [5.74, 6) is -2.44. The number of carboxylic acids is 1. The molecule has 0 aromatic heterocycles. The van der Waals surface area contributed by atoms with Crippen molar-refractivity contribution < 1.29 is 24.4 Å². The predicted octanol–water partition coefficient (Wildman–Crippen LogP) is -0.244. The van der Waals surface area contributed by atoms with E-state index in [4.69, 9.17) is 5.11 Å². The lowest BCUT2D eigenvalue weighted by atomic mass is 10.1. The molecule has 1 fully saturated rings. The van der Waals surface area contributed by atoms with Crippen LogP contribution in [0.5, 0.6) is 0 Å². The zero-order valence-corrected chi connectivity index (χ0v) is 10.0. The van der Waals surface area contributed by atoms with Crippen molar-refractivity contribution in [3.8, 4) is 0 Å². The highest BCUT2D eigenvalue weighted by atomic mass is 16.6. The van der Waals surface area contributed by atoms with Crippen molar-refractivity contribution in [3.63, 3.8) is 0 Å². The van der Waals surface area contributed by atoms with E-state index in [1.54, 1.807) is 0 Å². The largest absolute Gasteiger partial charge is 0.478 e. The molecule has 1 aliphatic heterocycles. The number of nitrogens with zero attached hydrogens (tertiary/aromatic N) is 2. The molecule has 20 heavy (non-hydrogen) atoms. The molecule has 0 atom stereocenters. The summed E-state index contributed by atoms with van der Waals surface area (Å²) in [6.07, 6.45) is 0. The van der Waals surface area contributed by atoms with E-state index in [0.717, 1.165) is 6.07 Å². The van der Waals surface area contributed by atoms with Crippen molar-refractivity contribution in [1.29, 1.82) is 0 Å². The van der Waals surface area contributed by atoms with Crippen molar-refractivity contribution in [2.45, 2.75) is 0 Å². The summed E-state index contributed by atoms with van der Waals surface area (Å²) in [6, 6.07) is 3.30. The molecule has 0 radical (unpaired) electrons. The van der Waals surface area contributed by atoms with Crippen LogP contribution in [-0.4, -0.2) is 40.9 Å². The fraction of sp³-hybridized carbons (Fsp3) is 0.182. The summed E-state index contributed by atoms with van der Waals surface area (Å²) in [5, 5.41) is 21.9. The number of piperazine rings is 1. The van der Waals surface area contributed by atoms with E-state index < -0.39 is 28.4 Å². The molecule has 9 heteroatoms. The topological polar surface area (TPSA) is 130 Å². The number of nitrogens with one attached hydrogen (secondary N) is 1. The summed E-state index contributed by atoms with van der Waals surface area (Å²) in [7, 11) is 0. The number of carbonyl (C=O) groups excluding carboxylic acids is 2. The Morgan fingerprint density at radius 3 is 2.40 bits per heavy atom. The summed E-state index contributed by atoms with van der Waals surface area (Å²) in [4.78, 5) is 44.8. The Morgan fingerprint density at radius 2 is 1.90 bits per heavy atom. The van der Waals surface area contributed by atoms with Gasteiger partial charge in [-0.2, -0.15) is 0 Å². The molecule has 9 nitrogen and oxygen atoms in total. The van der Waals surface area contributed by atoms with Gasteiger partial charge in [-0.3, -0.25) is 25.0 Å². The van der Waals surface area contributed by atoms with Gasteiger partial charge in [-0.1, -0.05) is 0 Å². The number of rotatable bonds is 3. The highest BCUT2D eigenvalue weighted by Crippen LogP contribution is 2.29. The SMILES string of the molecule is O=C1CN(c2ccc(C(=O)O)cc2[N+](=O)[O-])CC(=O)N1. The van der Waals surface area contributed by atoms with Gasteiger partial charge in [0.2, 0.25) is 11.8 Å². The molecule has 2 rings (SSSR count). The number of hydrogen-bond acceptors (Lipinski definition) is 6. The predicted molar refractivity (Wildman–Crippen MR) is 65.4 cm³/mol. The summed E-state index contributed by atoms with van der Waals surface area (Å²) in [6.45, 7) is -0.419. The molecule has 0 spiro atoms.